The Balaban J connectivity index is 1.39. The molecule has 1 aromatic heterocycles. The first-order chi connectivity index (χ1) is 13.1. The molecule has 2 aromatic carbocycles. The fourth-order valence-corrected chi connectivity index (χ4v) is 2.80. The predicted molar refractivity (Wildman–Crippen MR) is 98.0 cm³/mol. The highest BCUT2D eigenvalue weighted by atomic mass is 16.6. The number of hydrogen-bond donors (Lipinski definition) is 1. The van der Waals surface area contributed by atoms with E-state index in [0.717, 1.165) is 5.56 Å². The van der Waals surface area contributed by atoms with E-state index in [1.54, 1.807) is 12.1 Å². The molecule has 7 heteroatoms. The monoisotopic (exact) mass is 365 g/mol. The lowest BCUT2D eigenvalue weighted by Crippen LogP contribution is -2.40. The van der Waals surface area contributed by atoms with E-state index in [1.165, 1.54) is 11.1 Å². The van der Waals surface area contributed by atoms with Crippen LogP contribution < -0.4 is 14.8 Å². The van der Waals surface area contributed by atoms with E-state index >= 15 is 0 Å². The van der Waals surface area contributed by atoms with Gasteiger partial charge in [-0.05, 0) is 42.7 Å². The minimum absolute atomic E-state index is 0.0429. The highest BCUT2D eigenvalue weighted by Crippen LogP contribution is 2.31. The number of nitrogens with zero attached hydrogens (tertiary/aromatic N) is 2. The molecule has 0 aliphatic carbocycles. The lowest BCUT2D eigenvalue weighted by molar-refractivity contribution is -0.125. The van der Waals surface area contributed by atoms with Gasteiger partial charge in [0.1, 0.15) is 6.61 Å². The zero-order chi connectivity index (χ0) is 18.8. The zero-order valence-electron chi connectivity index (χ0n) is 15.1. The van der Waals surface area contributed by atoms with E-state index in [1.807, 2.05) is 18.2 Å². The summed E-state index contributed by atoms with van der Waals surface area (Å²) in [7, 11) is 0. The minimum Gasteiger partial charge on any atom is -0.485 e. The van der Waals surface area contributed by atoms with Crippen LogP contribution >= 0.6 is 0 Å². The summed E-state index contributed by atoms with van der Waals surface area (Å²) in [5, 5.41) is 10.5. The van der Waals surface area contributed by atoms with Gasteiger partial charge in [-0.25, -0.2) is 0 Å². The van der Waals surface area contributed by atoms with Gasteiger partial charge in [0.05, 0.1) is 6.42 Å². The molecule has 0 bridgehead atoms. The zero-order valence-corrected chi connectivity index (χ0v) is 15.1. The van der Waals surface area contributed by atoms with Crippen LogP contribution in [0.3, 0.4) is 0 Å². The smallest absolute Gasteiger partial charge is 0.322 e. The van der Waals surface area contributed by atoms with Gasteiger partial charge in [-0.15, -0.1) is 5.10 Å². The summed E-state index contributed by atoms with van der Waals surface area (Å²) in [6.45, 7) is 4.24. The molecule has 0 radical (unpaired) electrons. The van der Waals surface area contributed by atoms with Gasteiger partial charge in [0.25, 0.3) is 5.91 Å². The van der Waals surface area contributed by atoms with Crippen molar-refractivity contribution in [3.8, 4) is 11.5 Å². The molecule has 1 N–H and O–H groups in total. The van der Waals surface area contributed by atoms with E-state index in [4.69, 9.17) is 13.9 Å². The maximum Gasteiger partial charge on any atom is 0.322 e. The summed E-state index contributed by atoms with van der Waals surface area (Å²) >= 11 is 0. The number of carbonyl (C=O) groups is 1. The second kappa shape index (κ2) is 7.11. The summed E-state index contributed by atoms with van der Waals surface area (Å²) in [6.07, 6.45) is -0.282. The van der Waals surface area contributed by atoms with E-state index in [2.05, 4.69) is 41.5 Å². The molecule has 4 rings (SSSR count). The van der Waals surface area contributed by atoms with Gasteiger partial charge in [0.15, 0.2) is 11.5 Å². The second-order valence-electron chi connectivity index (χ2n) is 6.45. The average Bonchev–Trinajstić information content (AvgIpc) is 3.11. The molecule has 7 nitrogen and oxygen atoms in total. The normalized spacial score (nSPS) is 15.4. The van der Waals surface area contributed by atoms with Gasteiger partial charge in [-0.2, -0.15) is 0 Å². The van der Waals surface area contributed by atoms with Crippen LogP contribution in [0.2, 0.25) is 0 Å². The Kier molecular flexibility index (Phi) is 4.50. The summed E-state index contributed by atoms with van der Waals surface area (Å²) in [5.41, 5.74) is 3.50. The van der Waals surface area contributed by atoms with Crippen molar-refractivity contribution in [2.75, 3.05) is 11.9 Å². The molecule has 1 atom stereocenters. The van der Waals surface area contributed by atoms with Crippen molar-refractivity contribution in [3.63, 3.8) is 0 Å². The number of rotatable bonds is 4. The van der Waals surface area contributed by atoms with Crippen LogP contribution in [0.25, 0.3) is 0 Å². The van der Waals surface area contributed by atoms with Gasteiger partial charge in [0, 0.05) is 0 Å². The van der Waals surface area contributed by atoms with Crippen molar-refractivity contribution in [3.05, 3.63) is 65.0 Å². The first-order valence-corrected chi connectivity index (χ1v) is 8.66. The van der Waals surface area contributed by atoms with Crippen molar-refractivity contribution in [1.82, 2.24) is 10.2 Å². The number of carbonyl (C=O) groups excluding carboxylic acids is 1. The van der Waals surface area contributed by atoms with Crippen molar-refractivity contribution in [1.29, 1.82) is 0 Å². The highest BCUT2D eigenvalue weighted by Gasteiger charge is 2.28. The Morgan fingerprint density at radius 2 is 1.93 bits per heavy atom. The van der Waals surface area contributed by atoms with Crippen LogP contribution in [0.5, 0.6) is 11.5 Å². The number of aryl methyl sites for hydroxylation is 2. The van der Waals surface area contributed by atoms with Crippen molar-refractivity contribution in [2.24, 2.45) is 0 Å². The molecule has 0 fully saturated rings. The van der Waals surface area contributed by atoms with E-state index in [-0.39, 0.29) is 12.6 Å². The lowest BCUT2D eigenvalue weighted by atomic mass is 10.0. The Labute approximate surface area is 156 Å². The summed E-state index contributed by atoms with van der Waals surface area (Å²) in [6, 6.07) is 13.4. The van der Waals surface area contributed by atoms with E-state index in [9.17, 15) is 4.79 Å². The summed E-state index contributed by atoms with van der Waals surface area (Å²) < 4.78 is 16.8. The van der Waals surface area contributed by atoms with Crippen LogP contribution in [-0.2, 0) is 11.2 Å². The number of nitrogens with one attached hydrogen (secondary N) is 1. The molecule has 0 spiro atoms. The lowest BCUT2D eigenvalue weighted by Gasteiger charge is -2.24. The average molecular weight is 365 g/mol. The number of anilines is 1. The number of ether oxygens (including phenoxy) is 2. The summed E-state index contributed by atoms with van der Waals surface area (Å²) in [5.74, 6) is 1.19. The molecule has 1 amide bonds. The fraction of sp³-hybridized carbons (Fsp3) is 0.250. The fourth-order valence-electron chi connectivity index (χ4n) is 2.80. The molecule has 0 saturated carbocycles. The van der Waals surface area contributed by atoms with Crippen LogP contribution in [-0.4, -0.2) is 28.8 Å². The van der Waals surface area contributed by atoms with Gasteiger partial charge >= 0.3 is 6.01 Å². The molecule has 0 unspecified atom stereocenters. The Morgan fingerprint density at radius 1 is 1.11 bits per heavy atom. The molecular formula is C20H19N3O4. The number of para-hydroxylation sites is 2. The number of aromatic nitrogens is 2. The first-order valence-electron chi connectivity index (χ1n) is 8.66. The van der Waals surface area contributed by atoms with Crippen LogP contribution in [0.1, 0.15) is 22.6 Å². The summed E-state index contributed by atoms with van der Waals surface area (Å²) in [4.78, 5) is 12.4. The molecule has 1 aliphatic heterocycles. The van der Waals surface area contributed by atoms with Crippen molar-refractivity contribution >= 4 is 11.9 Å². The largest absolute Gasteiger partial charge is 0.485 e. The molecular weight excluding hydrogens is 346 g/mol. The van der Waals surface area contributed by atoms with Crippen LogP contribution in [0.4, 0.5) is 6.01 Å². The predicted octanol–water partition coefficient (Wildman–Crippen LogP) is 3.06. The van der Waals surface area contributed by atoms with Gasteiger partial charge in [0.2, 0.25) is 12.0 Å². The quantitative estimate of drug-likeness (QED) is 0.765. The topological polar surface area (TPSA) is 86.5 Å². The van der Waals surface area contributed by atoms with E-state index in [0.29, 0.717) is 23.8 Å². The number of fused-ring (bicyclic) bond motifs is 1. The van der Waals surface area contributed by atoms with Gasteiger partial charge in [-0.1, -0.05) is 35.4 Å². The minimum atomic E-state index is -0.782. The molecule has 1 aliphatic rings. The van der Waals surface area contributed by atoms with E-state index < -0.39 is 12.0 Å². The number of hydrogen-bond acceptors (Lipinski definition) is 6. The first kappa shape index (κ1) is 17.1. The molecule has 3 aromatic rings. The molecule has 27 heavy (non-hydrogen) atoms. The van der Waals surface area contributed by atoms with Crippen molar-refractivity contribution in [2.45, 2.75) is 26.4 Å². The maximum atomic E-state index is 12.4. The third kappa shape index (κ3) is 3.76. The number of amides is 1. The van der Waals surface area contributed by atoms with Crippen LogP contribution in [0, 0.1) is 13.8 Å². The van der Waals surface area contributed by atoms with Gasteiger partial charge in [-0.3, -0.25) is 10.1 Å². The third-order valence-corrected chi connectivity index (χ3v) is 4.42. The molecule has 0 saturated heterocycles. The maximum absolute atomic E-state index is 12.4. The SMILES string of the molecule is Cc1ccc(Cc2nnc(NC(=O)[C@H]3COc4ccccc4O3)o2)cc1C. The Morgan fingerprint density at radius 3 is 2.74 bits per heavy atom. The molecule has 2 heterocycles. The van der Waals surface area contributed by atoms with Crippen molar-refractivity contribution < 1.29 is 18.7 Å². The second-order valence-corrected chi connectivity index (χ2v) is 6.45. The molecule has 138 valence electrons. The van der Waals surface area contributed by atoms with Gasteiger partial charge < -0.3 is 13.9 Å². The Bertz CT molecular complexity index is 983. The third-order valence-electron chi connectivity index (χ3n) is 4.42. The standard InChI is InChI=1S/C20H19N3O4/c1-12-7-8-14(9-13(12)2)10-18-22-23-20(27-18)21-19(24)17-11-25-15-5-3-4-6-16(15)26-17/h3-9,17H,10-11H2,1-2H3,(H,21,23,24)/t17-/m1/s1. The highest BCUT2D eigenvalue weighted by molar-refractivity contribution is 5.92. The van der Waals surface area contributed by atoms with Crippen LogP contribution in [0.15, 0.2) is 46.9 Å². The number of benzene rings is 2. The Hall–Kier alpha value is -3.35.